The Labute approximate surface area is 117 Å². The van der Waals surface area contributed by atoms with E-state index in [0.29, 0.717) is 12.5 Å². The van der Waals surface area contributed by atoms with Gasteiger partial charge in [-0.05, 0) is 32.1 Å². The lowest BCUT2D eigenvalue weighted by molar-refractivity contribution is 0.0563. The number of carboxylic acids is 1. The summed E-state index contributed by atoms with van der Waals surface area (Å²) in [5.74, 6) is -0.507. The second kappa shape index (κ2) is 5.17. The first kappa shape index (κ1) is 13.0. The van der Waals surface area contributed by atoms with Crippen molar-refractivity contribution in [3.8, 4) is 0 Å². The third-order valence-electron chi connectivity index (χ3n) is 3.81. The molecule has 2 aromatic rings. The number of fused-ring (bicyclic) bond motifs is 1. The van der Waals surface area contributed by atoms with Crippen LogP contribution in [0.2, 0.25) is 0 Å². The lowest BCUT2D eigenvalue weighted by Gasteiger charge is -2.14. The second-order valence-electron chi connectivity index (χ2n) is 5.40. The molecule has 1 atom stereocenters. The van der Waals surface area contributed by atoms with Gasteiger partial charge in [-0.1, -0.05) is 18.2 Å². The number of benzene rings is 1. The maximum absolute atomic E-state index is 11.3. The summed E-state index contributed by atoms with van der Waals surface area (Å²) in [4.78, 5) is 19.4. The van der Waals surface area contributed by atoms with Crippen LogP contribution in [0.15, 0.2) is 30.3 Å². The van der Waals surface area contributed by atoms with Gasteiger partial charge in [-0.2, -0.15) is 4.73 Å². The molecule has 2 heterocycles. The van der Waals surface area contributed by atoms with Gasteiger partial charge in [-0.25, -0.2) is 4.79 Å². The smallest absolute Gasteiger partial charge is 0.356 e. The standard InChI is InChI=1S/C15H18N2O3/c1-16-7-6-11(9-16)10-20-17-13-5-3-2-4-12(13)8-14(17)15(18)19/h2-5,8,11H,6-7,9-10H2,1H3,(H,18,19). The van der Waals surface area contributed by atoms with Gasteiger partial charge >= 0.3 is 5.97 Å². The molecule has 0 spiro atoms. The molecule has 3 rings (SSSR count). The van der Waals surface area contributed by atoms with Crippen molar-refractivity contribution in [3.63, 3.8) is 0 Å². The van der Waals surface area contributed by atoms with Gasteiger partial charge in [0.05, 0.1) is 5.52 Å². The fourth-order valence-corrected chi connectivity index (χ4v) is 2.76. The van der Waals surface area contributed by atoms with Crippen molar-refractivity contribution in [1.29, 1.82) is 0 Å². The molecule has 0 amide bonds. The molecule has 0 saturated carbocycles. The monoisotopic (exact) mass is 274 g/mol. The molecule has 5 heteroatoms. The Bertz CT molecular complexity index is 635. The van der Waals surface area contributed by atoms with Crippen LogP contribution in [-0.2, 0) is 0 Å². The van der Waals surface area contributed by atoms with E-state index in [9.17, 15) is 9.90 Å². The molecule has 0 bridgehead atoms. The summed E-state index contributed by atoms with van der Waals surface area (Å²) in [5, 5.41) is 10.2. The van der Waals surface area contributed by atoms with Gasteiger partial charge in [-0.15, -0.1) is 0 Å². The van der Waals surface area contributed by atoms with Crippen LogP contribution >= 0.6 is 0 Å². The first-order valence-electron chi connectivity index (χ1n) is 6.81. The first-order chi connectivity index (χ1) is 9.65. The maximum Gasteiger partial charge on any atom is 0.356 e. The van der Waals surface area contributed by atoms with Gasteiger partial charge in [0.2, 0.25) is 0 Å². The molecule has 1 aromatic carbocycles. The number of carbonyl (C=O) groups is 1. The molecule has 1 unspecified atom stereocenters. The Kier molecular flexibility index (Phi) is 3.36. The highest BCUT2D eigenvalue weighted by atomic mass is 16.7. The van der Waals surface area contributed by atoms with E-state index in [4.69, 9.17) is 4.84 Å². The molecule has 1 aliphatic heterocycles. The summed E-state index contributed by atoms with van der Waals surface area (Å²) in [6.07, 6.45) is 1.10. The number of hydrogen-bond acceptors (Lipinski definition) is 3. The number of nitrogens with zero attached hydrogens (tertiary/aromatic N) is 2. The average molecular weight is 274 g/mol. The van der Waals surface area contributed by atoms with E-state index in [0.717, 1.165) is 30.4 Å². The van der Waals surface area contributed by atoms with Gasteiger partial charge in [0.1, 0.15) is 6.61 Å². The molecule has 20 heavy (non-hydrogen) atoms. The molecular weight excluding hydrogens is 256 g/mol. The average Bonchev–Trinajstić information content (AvgIpc) is 3.00. The number of aromatic carboxylic acids is 1. The molecular formula is C15H18N2O3. The van der Waals surface area contributed by atoms with E-state index in [1.165, 1.54) is 4.73 Å². The molecule has 0 radical (unpaired) electrons. The zero-order valence-corrected chi connectivity index (χ0v) is 11.5. The van der Waals surface area contributed by atoms with Crippen molar-refractivity contribution in [2.24, 2.45) is 5.92 Å². The van der Waals surface area contributed by atoms with Crippen LogP contribution in [0.5, 0.6) is 0 Å². The zero-order chi connectivity index (χ0) is 14.1. The van der Waals surface area contributed by atoms with Crippen LogP contribution < -0.4 is 4.84 Å². The molecule has 5 nitrogen and oxygen atoms in total. The third-order valence-corrected chi connectivity index (χ3v) is 3.81. The SMILES string of the molecule is CN1CCC(COn2c(C(=O)O)cc3ccccc32)C1. The predicted molar refractivity (Wildman–Crippen MR) is 75.9 cm³/mol. The van der Waals surface area contributed by atoms with Crippen molar-refractivity contribution in [2.75, 3.05) is 26.7 Å². The van der Waals surface area contributed by atoms with Crippen molar-refractivity contribution < 1.29 is 14.7 Å². The van der Waals surface area contributed by atoms with Crippen LogP contribution in [0.1, 0.15) is 16.9 Å². The Morgan fingerprint density at radius 1 is 1.45 bits per heavy atom. The molecule has 106 valence electrons. The van der Waals surface area contributed by atoms with E-state index in [2.05, 4.69) is 11.9 Å². The lowest BCUT2D eigenvalue weighted by atomic mass is 10.1. The number of aromatic nitrogens is 1. The molecule has 1 saturated heterocycles. The molecule has 1 aromatic heterocycles. The summed E-state index contributed by atoms with van der Waals surface area (Å²) in [5.41, 5.74) is 0.980. The third kappa shape index (κ3) is 2.36. The second-order valence-corrected chi connectivity index (χ2v) is 5.40. The highest BCUT2D eigenvalue weighted by molar-refractivity contribution is 5.94. The maximum atomic E-state index is 11.3. The van der Waals surface area contributed by atoms with E-state index < -0.39 is 5.97 Å². The van der Waals surface area contributed by atoms with Crippen LogP contribution in [0, 0.1) is 5.92 Å². The van der Waals surface area contributed by atoms with E-state index >= 15 is 0 Å². The number of likely N-dealkylation sites (tertiary alicyclic amines) is 1. The lowest BCUT2D eigenvalue weighted by Crippen LogP contribution is -2.24. The minimum atomic E-state index is -0.968. The Morgan fingerprint density at radius 3 is 2.95 bits per heavy atom. The molecule has 1 fully saturated rings. The van der Waals surface area contributed by atoms with E-state index in [1.807, 2.05) is 24.3 Å². The Hall–Kier alpha value is -2.01. The minimum Gasteiger partial charge on any atom is -0.476 e. The van der Waals surface area contributed by atoms with Gasteiger partial charge in [0.25, 0.3) is 0 Å². The number of rotatable bonds is 4. The number of para-hydroxylation sites is 1. The van der Waals surface area contributed by atoms with E-state index in [-0.39, 0.29) is 5.69 Å². The van der Waals surface area contributed by atoms with Gasteiger partial charge in [0, 0.05) is 17.8 Å². The fourth-order valence-electron chi connectivity index (χ4n) is 2.76. The van der Waals surface area contributed by atoms with Crippen molar-refractivity contribution in [1.82, 2.24) is 9.63 Å². The number of carboxylic acid groups (broad SMARTS) is 1. The largest absolute Gasteiger partial charge is 0.476 e. The van der Waals surface area contributed by atoms with E-state index in [1.54, 1.807) is 6.07 Å². The van der Waals surface area contributed by atoms with Crippen LogP contribution in [0.25, 0.3) is 10.9 Å². The van der Waals surface area contributed by atoms with Crippen LogP contribution in [-0.4, -0.2) is 47.5 Å². The molecule has 0 aliphatic carbocycles. The zero-order valence-electron chi connectivity index (χ0n) is 11.5. The highest BCUT2D eigenvalue weighted by Crippen LogP contribution is 2.20. The van der Waals surface area contributed by atoms with Gasteiger partial charge in [0.15, 0.2) is 5.69 Å². The van der Waals surface area contributed by atoms with Gasteiger partial charge in [-0.3, -0.25) is 0 Å². The van der Waals surface area contributed by atoms with Gasteiger partial charge < -0.3 is 14.8 Å². The first-order valence-corrected chi connectivity index (χ1v) is 6.81. The fraction of sp³-hybridized carbons (Fsp3) is 0.400. The summed E-state index contributed by atoms with van der Waals surface area (Å²) in [6, 6.07) is 9.20. The minimum absolute atomic E-state index is 0.178. The Morgan fingerprint density at radius 2 is 2.25 bits per heavy atom. The normalized spacial score (nSPS) is 19.6. The van der Waals surface area contributed by atoms with Crippen molar-refractivity contribution >= 4 is 16.9 Å². The summed E-state index contributed by atoms with van der Waals surface area (Å²) in [7, 11) is 2.09. The summed E-state index contributed by atoms with van der Waals surface area (Å²) < 4.78 is 1.45. The molecule has 1 N–H and O–H groups in total. The van der Waals surface area contributed by atoms with Crippen molar-refractivity contribution in [2.45, 2.75) is 6.42 Å². The predicted octanol–water partition coefficient (Wildman–Crippen LogP) is 1.72. The highest BCUT2D eigenvalue weighted by Gasteiger charge is 2.22. The summed E-state index contributed by atoms with van der Waals surface area (Å²) in [6.45, 7) is 2.62. The van der Waals surface area contributed by atoms with Crippen LogP contribution in [0.3, 0.4) is 0 Å². The van der Waals surface area contributed by atoms with Crippen LogP contribution in [0.4, 0.5) is 0 Å². The number of hydrogen-bond donors (Lipinski definition) is 1. The topological polar surface area (TPSA) is 54.7 Å². The summed E-state index contributed by atoms with van der Waals surface area (Å²) >= 11 is 0. The van der Waals surface area contributed by atoms with Crippen molar-refractivity contribution in [3.05, 3.63) is 36.0 Å². The quantitative estimate of drug-likeness (QED) is 0.922. The Balaban J connectivity index is 1.85. The molecule has 1 aliphatic rings.